The summed E-state index contributed by atoms with van der Waals surface area (Å²) in [4.78, 5) is 7.89. The van der Waals surface area contributed by atoms with Crippen LogP contribution in [-0.4, -0.2) is 19.6 Å². The monoisotopic (exact) mass is 322 g/mol. The van der Waals surface area contributed by atoms with Crippen molar-refractivity contribution in [2.75, 3.05) is 0 Å². The van der Waals surface area contributed by atoms with Crippen molar-refractivity contribution in [2.24, 2.45) is 0 Å². The summed E-state index contributed by atoms with van der Waals surface area (Å²) in [6.45, 7) is 2.14. The van der Waals surface area contributed by atoms with E-state index >= 15 is 0 Å². The van der Waals surface area contributed by atoms with E-state index in [-0.39, 0.29) is 0 Å². The van der Waals surface area contributed by atoms with Crippen molar-refractivity contribution in [1.82, 2.24) is 19.6 Å². The van der Waals surface area contributed by atoms with Crippen LogP contribution in [0.2, 0.25) is 5.02 Å². The van der Waals surface area contributed by atoms with Crippen LogP contribution in [0.1, 0.15) is 12.5 Å². The predicted octanol–water partition coefficient (Wildman–Crippen LogP) is 4.61. The lowest BCUT2D eigenvalue weighted by Gasteiger charge is -2.07. The van der Waals surface area contributed by atoms with Crippen molar-refractivity contribution in [3.63, 3.8) is 0 Å². The number of rotatable bonds is 3. The molecule has 4 rings (SSSR count). The summed E-state index contributed by atoms with van der Waals surface area (Å²) in [5, 5.41) is 4.95. The minimum atomic E-state index is 0.740. The topological polar surface area (TPSA) is 46.0 Å². The lowest BCUT2D eigenvalue weighted by Crippen LogP contribution is -1.94. The van der Waals surface area contributed by atoms with Gasteiger partial charge in [0.1, 0.15) is 12.0 Å². The summed E-state index contributed by atoms with van der Waals surface area (Å²) in [7, 11) is 0. The first-order valence-electron chi connectivity index (χ1n) is 7.53. The van der Waals surface area contributed by atoms with Gasteiger partial charge in [0.25, 0.3) is 0 Å². The quantitative estimate of drug-likeness (QED) is 0.599. The molecular weight excluding hydrogens is 308 g/mol. The number of aromatic amines is 1. The number of hydrogen-bond acceptors (Lipinski definition) is 2. The molecule has 0 spiro atoms. The number of nitrogens with zero attached hydrogens (tertiary/aromatic N) is 3. The molecule has 0 aliphatic rings. The van der Waals surface area contributed by atoms with Gasteiger partial charge in [-0.25, -0.2) is 9.50 Å². The molecule has 0 aliphatic heterocycles. The molecule has 3 heterocycles. The second-order valence-corrected chi connectivity index (χ2v) is 5.82. The van der Waals surface area contributed by atoms with Gasteiger partial charge in [0.05, 0.1) is 11.2 Å². The van der Waals surface area contributed by atoms with Crippen molar-refractivity contribution in [3.8, 4) is 22.6 Å². The second kappa shape index (κ2) is 5.56. The standard InChI is InChI=1S/C18H15ClN4/c1-2-12-5-6-13(19)10-14(12)15-7-8-16(22-15)18-17-4-3-9-23(17)21-11-20-18/h3-11,22H,2H2,1H3. The van der Waals surface area contributed by atoms with Gasteiger partial charge in [0.15, 0.2) is 0 Å². The Morgan fingerprint density at radius 2 is 2.00 bits per heavy atom. The largest absolute Gasteiger partial charge is 0.353 e. The van der Waals surface area contributed by atoms with Gasteiger partial charge in [0, 0.05) is 22.5 Å². The number of nitrogens with one attached hydrogen (secondary N) is 1. The zero-order valence-electron chi connectivity index (χ0n) is 12.6. The third-order valence-corrected chi connectivity index (χ3v) is 4.25. The van der Waals surface area contributed by atoms with Crippen LogP contribution < -0.4 is 0 Å². The molecule has 5 heteroatoms. The number of H-pyrrole nitrogens is 1. The summed E-state index contributed by atoms with van der Waals surface area (Å²) < 4.78 is 1.82. The maximum atomic E-state index is 6.17. The van der Waals surface area contributed by atoms with E-state index in [9.17, 15) is 0 Å². The van der Waals surface area contributed by atoms with Gasteiger partial charge >= 0.3 is 0 Å². The Bertz CT molecular complexity index is 984. The van der Waals surface area contributed by atoms with E-state index in [4.69, 9.17) is 11.6 Å². The molecule has 114 valence electrons. The molecule has 1 aromatic carbocycles. The van der Waals surface area contributed by atoms with Gasteiger partial charge in [-0.2, -0.15) is 5.10 Å². The Kier molecular flexibility index (Phi) is 3.39. The minimum Gasteiger partial charge on any atom is -0.353 e. The fraction of sp³-hybridized carbons (Fsp3) is 0.111. The van der Waals surface area contributed by atoms with Crippen molar-refractivity contribution >= 4 is 17.1 Å². The molecule has 0 fully saturated rings. The van der Waals surface area contributed by atoms with E-state index in [0.29, 0.717) is 0 Å². The zero-order valence-corrected chi connectivity index (χ0v) is 13.4. The molecule has 0 atom stereocenters. The molecule has 0 amide bonds. The van der Waals surface area contributed by atoms with Gasteiger partial charge in [0.2, 0.25) is 0 Å². The Hall–Kier alpha value is -2.59. The fourth-order valence-corrected chi connectivity index (χ4v) is 3.04. The van der Waals surface area contributed by atoms with Crippen molar-refractivity contribution in [1.29, 1.82) is 0 Å². The molecule has 0 saturated heterocycles. The number of hydrogen-bond donors (Lipinski definition) is 1. The third-order valence-electron chi connectivity index (χ3n) is 4.02. The molecule has 4 nitrogen and oxygen atoms in total. The van der Waals surface area contributed by atoms with E-state index < -0.39 is 0 Å². The van der Waals surface area contributed by atoms with Gasteiger partial charge in [-0.1, -0.05) is 24.6 Å². The van der Waals surface area contributed by atoms with E-state index in [0.717, 1.165) is 39.6 Å². The molecule has 0 saturated carbocycles. The van der Waals surface area contributed by atoms with Crippen LogP contribution in [0.3, 0.4) is 0 Å². The molecule has 4 aromatic rings. The highest BCUT2D eigenvalue weighted by atomic mass is 35.5. The van der Waals surface area contributed by atoms with Crippen LogP contribution >= 0.6 is 11.6 Å². The lowest BCUT2D eigenvalue weighted by molar-refractivity contribution is 0.905. The Labute approximate surface area is 138 Å². The van der Waals surface area contributed by atoms with Gasteiger partial charge in [-0.15, -0.1) is 0 Å². The molecule has 1 N–H and O–H groups in total. The first-order valence-corrected chi connectivity index (χ1v) is 7.90. The maximum Gasteiger partial charge on any atom is 0.137 e. The Morgan fingerprint density at radius 3 is 2.87 bits per heavy atom. The molecule has 0 radical (unpaired) electrons. The second-order valence-electron chi connectivity index (χ2n) is 5.39. The first kappa shape index (κ1) is 14.0. The van der Waals surface area contributed by atoms with Crippen LogP contribution in [0.25, 0.3) is 28.2 Å². The van der Waals surface area contributed by atoms with Gasteiger partial charge < -0.3 is 4.98 Å². The van der Waals surface area contributed by atoms with E-state index in [1.54, 1.807) is 6.33 Å². The highest BCUT2D eigenvalue weighted by Gasteiger charge is 2.11. The van der Waals surface area contributed by atoms with E-state index in [1.807, 2.05) is 41.0 Å². The van der Waals surface area contributed by atoms with Crippen LogP contribution in [0.5, 0.6) is 0 Å². The first-order chi connectivity index (χ1) is 11.3. The van der Waals surface area contributed by atoms with Gasteiger partial charge in [-0.3, -0.25) is 0 Å². The number of benzene rings is 1. The molecule has 0 unspecified atom stereocenters. The molecule has 0 aliphatic carbocycles. The summed E-state index contributed by atoms with van der Waals surface area (Å²) in [5.74, 6) is 0. The zero-order chi connectivity index (χ0) is 15.8. The fourth-order valence-electron chi connectivity index (χ4n) is 2.87. The number of halogens is 1. The van der Waals surface area contributed by atoms with Crippen LogP contribution in [0, 0.1) is 0 Å². The van der Waals surface area contributed by atoms with Crippen LogP contribution in [-0.2, 0) is 6.42 Å². The Balaban J connectivity index is 1.84. The molecule has 3 aromatic heterocycles. The number of aryl methyl sites for hydroxylation is 1. The SMILES string of the molecule is CCc1ccc(Cl)cc1-c1ccc(-c2ncnn3cccc23)[nH]1. The minimum absolute atomic E-state index is 0.740. The molecular formula is C18H15ClN4. The normalized spacial score (nSPS) is 11.2. The average Bonchev–Trinajstić information content (AvgIpc) is 3.23. The maximum absolute atomic E-state index is 6.17. The third kappa shape index (κ3) is 2.41. The van der Waals surface area contributed by atoms with Crippen LogP contribution in [0.4, 0.5) is 0 Å². The van der Waals surface area contributed by atoms with Crippen molar-refractivity contribution < 1.29 is 0 Å². The van der Waals surface area contributed by atoms with E-state index in [2.05, 4.69) is 34.1 Å². The Morgan fingerprint density at radius 1 is 1.13 bits per heavy atom. The highest BCUT2D eigenvalue weighted by Crippen LogP contribution is 2.30. The summed E-state index contributed by atoms with van der Waals surface area (Å²) >= 11 is 6.17. The summed E-state index contributed by atoms with van der Waals surface area (Å²) in [6, 6.07) is 14.1. The van der Waals surface area contributed by atoms with Crippen molar-refractivity contribution in [2.45, 2.75) is 13.3 Å². The average molecular weight is 323 g/mol. The molecule has 23 heavy (non-hydrogen) atoms. The van der Waals surface area contributed by atoms with E-state index in [1.165, 1.54) is 5.56 Å². The number of fused-ring (bicyclic) bond motifs is 1. The van der Waals surface area contributed by atoms with Crippen LogP contribution in [0.15, 0.2) is 55.0 Å². The summed E-state index contributed by atoms with van der Waals surface area (Å²) in [6.07, 6.45) is 4.44. The number of aromatic nitrogens is 4. The highest BCUT2D eigenvalue weighted by molar-refractivity contribution is 6.30. The molecule has 0 bridgehead atoms. The summed E-state index contributed by atoms with van der Waals surface area (Å²) in [5.41, 5.74) is 6.26. The smallest absolute Gasteiger partial charge is 0.137 e. The lowest BCUT2D eigenvalue weighted by atomic mass is 10.0. The van der Waals surface area contributed by atoms with Crippen molar-refractivity contribution in [3.05, 3.63) is 65.6 Å². The predicted molar refractivity (Wildman–Crippen MR) is 92.6 cm³/mol. The van der Waals surface area contributed by atoms with Gasteiger partial charge in [-0.05, 0) is 48.4 Å².